The van der Waals surface area contributed by atoms with Gasteiger partial charge >= 0.3 is 0 Å². The quantitative estimate of drug-likeness (QED) is 0.500. The van der Waals surface area contributed by atoms with Crippen LogP contribution in [0.2, 0.25) is 0 Å². The molecule has 0 aromatic carbocycles. The molecule has 0 aliphatic carbocycles. The third-order valence-corrected chi connectivity index (χ3v) is 3.60. The molecule has 0 spiro atoms. The summed E-state index contributed by atoms with van der Waals surface area (Å²) in [6.45, 7) is 6.73. The van der Waals surface area contributed by atoms with Crippen molar-refractivity contribution in [3.8, 4) is 0 Å². The Hall–Kier alpha value is -0.0400. The first kappa shape index (κ1) is 16.0. The van der Waals surface area contributed by atoms with Gasteiger partial charge in [0.25, 0.3) is 0 Å². The van der Waals surface area contributed by atoms with Gasteiger partial charge in [0.05, 0.1) is 0 Å². The van der Waals surface area contributed by atoms with E-state index >= 15 is 0 Å². The first-order chi connectivity index (χ1) is 7.72. The van der Waals surface area contributed by atoms with Crippen molar-refractivity contribution in [3.05, 3.63) is 0 Å². The third kappa shape index (κ3) is 9.21. The molecule has 0 radical (unpaired) electrons. The van der Waals surface area contributed by atoms with Crippen LogP contribution in [0.25, 0.3) is 0 Å². The van der Waals surface area contributed by atoms with Crippen LogP contribution in [0.1, 0.15) is 85.0 Å². The Balaban J connectivity index is 3.54. The summed E-state index contributed by atoms with van der Waals surface area (Å²) in [5, 5.41) is 0. The van der Waals surface area contributed by atoms with Crippen molar-refractivity contribution in [1.29, 1.82) is 0 Å². The Labute approximate surface area is 103 Å². The molecule has 1 unspecified atom stereocenters. The lowest BCUT2D eigenvalue weighted by atomic mass is 9.89. The van der Waals surface area contributed by atoms with Gasteiger partial charge in [-0.3, -0.25) is 0 Å². The predicted molar refractivity (Wildman–Crippen MR) is 74.7 cm³/mol. The van der Waals surface area contributed by atoms with Crippen LogP contribution in [0, 0.1) is 5.92 Å². The van der Waals surface area contributed by atoms with Gasteiger partial charge in [0.2, 0.25) is 0 Å². The number of unbranched alkanes of at least 4 members (excludes halogenated alkanes) is 6. The fourth-order valence-electron chi connectivity index (χ4n) is 2.34. The molecule has 0 rings (SSSR count). The number of rotatable bonds is 11. The van der Waals surface area contributed by atoms with E-state index in [0.717, 1.165) is 5.92 Å². The number of hydrogen-bond donors (Lipinski definition) is 1. The molecule has 1 heteroatoms. The maximum Gasteiger partial charge on any atom is 0.00387 e. The zero-order valence-electron chi connectivity index (χ0n) is 11.8. The van der Waals surface area contributed by atoms with E-state index in [4.69, 9.17) is 5.73 Å². The molecule has 16 heavy (non-hydrogen) atoms. The van der Waals surface area contributed by atoms with Crippen LogP contribution in [-0.2, 0) is 0 Å². The highest BCUT2D eigenvalue weighted by Gasteiger charge is 2.12. The lowest BCUT2D eigenvalue weighted by molar-refractivity contribution is 0.356. The fourth-order valence-corrected chi connectivity index (χ4v) is 2.34. The van der Waals surface area contributed by atoms with Crippen molar-refractivity contribution >= 4 is 0 Å². The minimum atomic E-state index is 0.392. The molecule has 98 valence electrons. The maximum absolute atomic E-state index is 6.07. The molecule has 0 aliphatic heterocycles. The largest absolute Gasteiger partial charge is 0.328 e. The Kier molecular flexibility index (Phi) is 11.4. The van der Waals surface area contributed by atoms with Crippen LogP contribution >= 0.6 is 0 Å². The van der Waals surface area contributed by atoms with Crippen LogP contribution in [-0.4, -0.2) is 6.04 Å². The van der Waals surface area contributed by atoms with Gasteiger partial charge in [-0.15, -0.1) is 0 Å². The van der Waals surface area contributed by atoms with Crippen molar-refractivity contribution in [2.45, 2.75) is 91.0 Å². The molecule has 0 aromatic heterocycles. The Morgan fingerprint density at radius 2 is 1.19 bits per heavy atom. The first-order valence-corrected chi connectivity index (χ1v) is 7.47. The lowest BCUT2D eigenvalue weighted by Crippen LogP contribution is -2.26. The monoisotopic (exact) mass is 227 g/mol. The maximum atomic E-state index is 6.07. The van der Waals surface area contributed by atoms with Gasteiger partial charge in [-0.1, -0.05) is 65.2 Å². The normalized spacial score (nSPS) is 13.3. The second-order valence-corrected chi connectivity index (χ2v) is 5.32. The van der Waals surface area contributed by atoms with Gasteiger partial charge in [-0.05, 0) is 25.7 Å². The van der Waals surface area contributed by atoms with Crippen LogP contribution in [0.3, 0.4) is 0 Å². The van der Waals surface area contributed by atoms with E-state index in [1.54, 1.807) is 0 Å². The lowest BCUT2D eigenvalue weighted by Gasteiger charge is -2.20. The Bertz CT molecular complexity index is 119. The average Bonchev–Trinajstić information content (AvgIpc) is 2.26. The van der Waals surface area contributed by atoms with E-state index < -0.39 is 0 Å². The van der Waals surface area contributed by atoms with Crippen molar-refractivity contribution < 1.29 is 0 Å². The molecule has 0 heterocycles. The molecule has 0 saturated carbocycles. The summed E-state index contributed by atoms with van der Waals surface area (Å²) in [5.41, 5.74) is 6.07. The van der Waals surface area contributed by atoms with Gasteiger partial charge in [0, 0.05) is 6.04 Å². The highest BCUT2D eigenvalue weighted by molar-refractivity contribution is 4.69. The smallest absolute Gasteiger partial charge is 0.00387 e. The van der Waals surface area contributed by atoms with E-state index in [1.165, 1.54) is 64.2 Å². The molecule has 0 fully saturated rings. The predicted octanol–water partition coefficient (Wildman–Crippen LogP) is 4.89. The van der Waals surface area contributed by atoms with Gasteiger partial charge in [-0.2, -0.15) is 0 Å². The van der Waals surface area contributed by atoms with Crippen molar-refractivity contribution in [1.82, 2.24) is 0 Å². The summed E-state index contributed by atoms with van der Waals surface area (Å²) in [6, 6.07) is 0.392. The Morgan fingerprint density at radius 1 is 0.750 bits per heavy atom. The highest BCUT2D eigenvalue weighted by atomic mass is 14.6. The van der Waals surface area contributed by atoms with E-state index in [1.807, 2.05) is 0 Å². The van der Waals surface area contributed by atoms with Crippen molar-refractivity contribution in [2.24, 2.45) is 11.7 Å². The highest BCUT2D eigenvalue weighted by Crippen LogP contribution is 2.20. The summed E-state index contributed by atoms with van der Waals surface area (Å²) >= 11 is 0. The summed E-state index contributed by atoms with van der Waals surface area (Å²) < 4.78 is 0. The molecule has 1 atom stereocenters. The molecule has 1 nitrogen and oxygen atoms in total. The SMILES string of the molecule is CCCCCCC(CCCCCC)C(C)N. The van der Waals surface area contributed by atoms with Crippen LogP contribution in [0.15, 0.2) is 0 Å². The van der Waals surface area contributed by atoms with Gasteiger partial charge in [-0.25, -0.2) is 0 Å². The average molecular weight is 227 g/mol. The van der Waals surface area contributed by atoms with E-state index in [-0.39, 0.29) is 0 Å². The van der Waals surface area contributed by atoms with E-state index in [2.05, 4.69) is 20.8 Å². The topological polar surface area (TPSA) is 26.0 Å². The molecular weight excluding hydrogens is 194 g/mol. The zero-order chi connectivity index (χ0) is 12.2. The van der Waals surface area contributed by atoms with Crippen LogP contribution < -0.4 is 5.73 Å². The minimum absolute atomic E-state index is 0.392. The molecular formula is C15H33N. The second kappa shape index (κ2) is 11.4. The molecule has 0 aromatic rings. The molecule has 2 N–H and O–H groups in total. The third-order valence-electron chi connectivity index (χ3n) is 3.60. The number of hydrogen-bond acceptors (Lipinski definition) is 1. The van der Waals surface area contributed by atoms with E-state index in [0.29, 0.717) is 6.04 Å². The minimum Gasteiger partial charge on any atom is -0.328 e. The first-order valence-electron chi connectivity index (χ1n) is 7.47. The fraction of sp³-hybridized carbons (Fsp3) is 1.00. The summed E-state index contributed by atoms with van der Waals surface area (Å²) in [6.07, 6.45) is 13.7. The molecule has 0 bridgehead atoms. The van der Waals surface area contributed by atoms with E-state index in [9.17, 15) is 0 Å². The summed E-state index contributed by atoms with van der Waals surface area (Å²) in [5.74, 6) is 0.772. The zero-order valence-corrected chi connectivity index (χ0v) is 11.8. The van der Waals surface area contributed by atoms with Gasteiger partial charge in [0.1, 0.15) is 0 Å². The number of nitrogens with two attached hydrogens (primary N) is 1. The Morgan fingerprint density at radius 3 is 1.50 bits per heavy atom. The second-order valence-electron chi connectivity index (χ2n) is 5.32. The molecule has 0 saturated heterocycles. The molecule has 0 amide bonds. The summed E-state index contributed by atoms with van der Waals surface area (Å²) in [4.78, 5) is 0. The van der Waals surface area contributed by atoms with Crippen LogP contribution in [0.5, 0.6) is 0 Å². The van der Waals surface area contributed by atoms with Gasteiger partial charge in [0.15, 0.2) is 0 Å². The standard InChI is InChI=1S/C15H33N/c1-4-6-8-10-12-15(14(3)16)13-11-9-7-5-2/h14-15H,4-13,16H2,1-3H3. The van der Waals surface area contributed by atoms with Crippen molar-refractivity contribution in [2.75, 3.05) is 0 Å². The molecule has 0 aliphatic rings. The van der Waals surface area contributed by atoms with Gasteiger partial charge < -0.3 is 5.73 Å². The summed E-state index contributed by atoms with van der Waals surface area (Å²) in [7, 11) is 0. The van der Waals surface area contributed by atoms with Crippen LogP contribution in [0.4, 0.5) is 0 Å². The van der Waals surface area contributed by atoms with Crippen molar-refractivity contribution in [3.63, 3.8) is 0 Å².